The number of carbonyl (C=O) groups excluding carboxylic acids is 1. The minimum atomic E-state index is -4.93. The summed E-state index contributed by atoms with van der Waals surface area (Å²) in [5, 5.41) is 0. The maximum atomic E-state index is 11.9. The minimum absolute atomic E-state index is 0.0680. The first-order chi connectivity index (χ1) is 7.63. The van der Waals surface area contributed by atoms with E-state index in [9.17, 15) is 26.4 Å². The summed E-state index contributed by atoms with van der Waals surface area (Å²) in [7, 11) is 0.776. The summed E-state index contributed by atoms with van der Waals surface area (Å²) in [6.07, 6.45) is -4.86. The molecule has 0 aliphatic carbocycles. The summed E-state index contributed by atoms with van der Waals surface area (Å²) in [6.45, 7) is 0. The maximum absolute atomic E-state index is 11.9. The number of alkyl halides is 3. The van der Waals surface area contributed by atoms with Crippen molar-refractivity contribution in [1.29, 1.82) is 0 Å². The Morgan fingerprint density at radius 2 is 1.88 bits per heavy atom. The van der Waals surface area contributed by atoms with Crippen LogP contribution in [0.3, 0.4) is 0 Å². The highest BCUT2D eigenvalue weighted by molar-refractivity contribution is 8.13. The van der Waals surface area contributed by atoms with Crippen molar-refractivity contribution < 1.29 is 31.1 Å². The number of carbonyl (C=O) groups is 1. The van der Waals surface area contributed by atoms with E-state index in [1.807, 2.05) is 0 Å². The maximum Gasteiger partial charge on any atom is 0.573 e. The highest BCUT2D eigenvalue weighted by atomic mass is 35.7. The monoisotopic (exact) mass is 288 g/mol. The van der Waals surface area contributed by atoms with Gasteiger partial charge in [-0.15, -0.1) is 13.2 Å². The van der Waals surface area contributed by atoms with E-state index in [-0.39, 0.29) is 6.29 Å². The van der Waals surface area contributed by atoms with E-state index in [2.05, 4.69) is 4.74 Å². The standard InChI is InChI=1S/C8H4ClF3O4S/c9-17(14,15)7-2-1-6(3-5(7)4-13)16-8(10,11)12/h1-4H. The van der Waals surface area contributed by atoms with Crippen molar-refractivity contribution in [3.8, 4) is 5.75 Å². The third-order valence-corrected chi connectivity index (χ3v) is 3.00. The van der Waals surface area contributed by atoms with Crippen molar-refractivity contribution in [2.45, 2.75) is 11.3 Å². The summed E-state index contributed by atoms with van der Waals surface area (Å²) < 4.78 is 61.0. The number of aldehydes is 1. The molecule has 94 valence electrons. The van der Waals surface area contributed by atoms with Crippen LogP contribution in [-0.4, -0.2) is 21.1 Å². The Morgan fingerprint density at radius 1 is 1.29 bits per heavy atom. The predicted octanol–water partition coefficient (Wildman–Crippen LogP) is 2.33. The zero-order valence-corrected chi connectivity index (χ0v) is 9.43. The third-order valence-electron chi connectivity index (χ3n) is 1.60. The van der Waals surface area contributed by atoms with Gasteiger partial charge in [-0.3, -0.25) is 4.79 Å². The van der Waals surface area contributed by atoms with Crippen LogP contribution in [0.1, 0.15) is 10.4 Å². The number of hydrogen-bond donors (Lipinski definition) is 0. The molecule has 0 N–H and O–H groups in total. The van der Waals surface area contributed by atoms with Crippen LogP contribution < -0.4 is 4.74 Å². The van der Waals surface area contributed by atoms with E-state index in [1.165, 1.54) is 0 Å². The zero-order valence-electron chi connectivity index (χ0n) is 7.86. The lowest BCUT2D eigenvalue weighted by molar-refractivity contribution is -0.274. The Kier molecular flexibility index (Phi) is 3.68. The van der Waals surface area contributed by atoms with E-state index in [0.29, 0.717) is 6.07 Å². The van der Waals surface area contributed by atoms with Gasteiger partial charge in [0.1, 0.15) is 5.75 Å². The number of benzene rings is 1. The molecule has 0 amide bonds. The van der Waals surface area contributed by atoms with Crippen molar-refractivity contribution in [3.63, 3.8) is 0 Å². The Labute approximate surface area is 98.4 Å². The van der Waals surface area contributed by atoms with Gasteiger partial charge < -0.3 is 4.74 Å². The van der Waals surface area contributed by atoms with Gasteiger partial charge in [-0.25, -0.2) is 8.42 Å². The van der Waals surface area contributed by atoms with E-state index in [1.54, 1.807) is 0 Å². The second kappa shape index (κ2) is 4.53. The molecule has 0 atom stereocenters. The van der Waals surface area contributed by atoms with E-state index in [0.717, 1.165) is 12.1 Å². The van der Waals surface area contributed by atoms with Crippen LogP contribution in [0.4, 0.5) is 13.2 Å². The molecule has 9 heteroatoms. The van der Waals surface area contributed by atoms with Gasteiger partial charge in [0.15, 0.2) is 6.29 Å². The van der Waals surface area contributed by atoms with Crippen LogP contribution in [0.25, 0.3) is 0 Å². The van der Waals surface area contributed by atoms with Crippen LogP contribution in [0.15, 0.2) is 23.1 Å². The summed E-state index contributed by atoms with van der Waals surface area (Å²) in [5.41, 5.74) is -0.512. The first kappa shape index (κ1) is 13.8. The van der Waals surface area contributed by atoms with Crippen LogP contribution >= 0.6 is 10.7 Å². The summed E-state index contributed by atoms with van der Waals surface area (Å²) in [4.78, 5) is 9.95. The Morgan fingerprint density at radius 3 is 2.29 bits per heavy atom. The van der Waals surface area contributed by atoms with Gasteiger partial charge in [0, 0.05) is 16.2 Å². The fraction of sp³-hybridized carbons (Fsp3) is 0.125. The highest BCUT2D eigenvalue weighted by Crippen LogP contribution is 2.27. The smallest absolute Gasteiger partial charge is 0.406 e. The van der Waals surface area contributed by atoms with Gasteiger partial charge in [-0.1, -0.05) is 0 Å². The molecule has 0 heterocycles. The zero-order chi connectivity index (χ0) is 13.3. The van der Waals surface area contributed by atoms with Gasteiger partial charge in [0.05, 0.1) is 4.90 Å². The molecule has 0 aliphatic rings. The van der Waals surface area contributed by atoms with Gasteiger partial charge in [0.25, 0.3) is 9.05 Å². The number of ether oxygens (including phenoxy) is 1. The first-order valence-corrected chi connectivity index (χ1v) is 6.24. The molecule has 1 aromatic rings. The molecule has 0 radical (unpaired) electrons. The predicted molar refractivity (Wildman–Crippen MR) is 51.6 cm³/mol. The van der Waals surface area contributed by atoms with Crippen LogP contribution in [-0.2, 0) is 9.05 Å². The quantitative estimate of drug-likeness (QED) is 0.632. The lowest BCUT2D eigenvalue weighted by Gasteiger charge is -2.09. The van der Waals surface area contributed by atoms with Gasteiger partial charge in [-0.05, 0) is 18.2 Å². The average molecular weight is 289 g/mol. The third kappa shape index (κ3) is 3.90. The van der Waals surface area contributed by atoms with E-state index < -0.39 is 31.6 Å². The molecule has 0 bridgehead atoms. The van der Waals surface area contributed by atoms with Crippen molar-refractivity contribution in [2.24, 2.45) is 0 Å². The number of halogens is 4. The second-order valence-corrected chi connectivity index (χ2v) is 5.34. The van der Waals surface area contributed by atoms with Gasteiger partial charge >= 0.3 is 6.36 Å². The largest absolute Gasteiger partial charge is 0.573 e. The Balaban J connectivity index is 3.23. The molecular formula is C8H4ClF3O4S. The van der Waals surface area contributed by atoms with Gasteiger partial charge in [-0.2, -0.15) is 0 Å². The lowest BCUT2D eigenvalue weighted by atomic mass is 10.2. The van der Waals surface area contributed by atoms with Crippen LogP contribution in [0.5, 0.6) is 5.75 Å². The molecule has 4 nitrogen and oxygen atoms in total. The SMILES string of the molecule is O=Cc1cc(OC(F)(F)F)ccc1S(=O)(=O)Cl. The molecule has 0 unspecified atom stereocenters. The first-order valence-electron chi connectivity index (χ1n) is 3.93. The minimum Gasteiger partial charge on any atom is -0.406 e. The molecule has 1 aromatic carbocycles. The van der Waals surface area contributed by atoms with Gasteiger partial charge in [0.2, 0.25) is 0 Å². The summed E-state index contributed by atoms with van der Waals surface area (Å²) in [5.74, 6) is -0.705. The molecule has 0 saturated heterocycles. The molecule has 17 heavy (non-hydrogen) atoms. The normalized spacial score (nSPS) is 12.2. The second-order valence-electron chi connectivity index (χ2n) is 2.80. The van der Waals surface area contributed by atoms with Crippen molar-refractivity contribution in [3.05, 3.63) is 23.8 Å². The highest BCUT2D eigenvalue weighted by Gasteiger charge is 2.31. The molecular weight excluding hydrogens is 285 g/mol. The van der Waals surface area contributed by atoms with E-state index >= 15 is 0 Å². The molecule has 1 rings (SSSR count). The van der Waals surface area contributed by atoms with Crippen LogP contribution in [0.2, 0.25) is 0 Å². The topological polar surface area (TPSA) is 60.4 Å². The Hall–Kier alpha value is -1.28. The average Bonchev–Trinajstić information content (AvgIpc) is 2.13. The molecule has 0 fully saturated rings. The molecule has 0 spiro atoms. The fourth-order valence-electron chi connectivity index (χ4n) is 1.04. The molecule has 0 aromatic heterocycles. The van der Waals surface area contributed by atoms with Crippen molar-refractivity contribution in [1.82, 2.24) is 0 Å². The number of hydrogen-bond acceptors (Lipinski definition) is 4. The number of rotatable bonds is 3. The summed E-state index contributed by atoms with van der Waals surface area (Å²) >= 11 is 0. The lowest BCUT2D eigenvalue weighted by Crippen LogP contribution is -2.17. The Bertz CT molecular complexity index is 538. The summed E-state index contributed by atoms with van der Waals surface area (Å²) in [6, 6.07) is 2.14. The molecule has 0 aliphatic heterocycles. The van der Waals surface area contributed by atoms with Crippen molar-refractivity contribution >= 4 is 26.0 Å². The molecule has 0 saturated carbocycles. The van der Waals surface area contributed by atoms with Crippen LogP contribution in [0, 0.1) is 0 Å². The van der Waals surface area contributed by atoms with E-state index in [4.69, 9.17) is 10.7 Å². The van der Waals surface area contributed by atoms with Crippen molar-refractivity contribution in [2.75, 3.05) is 0 Å². The fourth-order valence-corrected chi connectivity index (χ4v) is 2.08.